The minimum Gasteiger partial charge on any atom is -0.393 e. The van der Waals surface area contributed by atoms with Gasteiger partial charge in [-0.25, -0.2) is 0 Å². The number of nitrogens with zero attached hydrogens (tertiary/aromatic N) is 1. The number of fused-ring (bicyclic) bond motifs is 1. The van der Waals surface area contributed by atoms with Crippen LogP contribution in [0.4, 0.5) is 0 Å². The van der Waals surface area contributed by atoms with Crippen LogP contribution in [0, 0.1) is 5.92 Å². The molecule has 3 heteroatoms. The summed E-state index contributed by atoms with van der Waals surface area (Å²) in [6.45, 7) is 4.71. The van der Waals surface area contributed by atoms with E-state index in [1.54, 1.807) is 4.90 Å². The fourth-order valence-electron chi connectivity index (χ4n) is 3.00. The number of benzene rings is 1. The molecule has 18 heavy (non-hydrogen) atoms. The van der Waals surface area contributed by atoms with Gasteiger partial charge in [-0.2, -0.15) is 0 Å². The summed E-state index contributed by atoms with van der Waals surface area (Å²) in [6.07, 6.45) is 2.46. The van der Waals surface area contributed by atoms with Crippen LogP contribution >= 0.6 is 0 Å². The van der Waals surface area contributed by atoms with E-state index in [4.69, 9.17) is 0 Å². The fourth-order valence-corrected chi connectivity index (χ4v) is 3.00. The largest absolute Gasteiger partial charge is 0.393 e. The molecule has 1 aromatic rings. The van der Waals surface area contributed by atoms with Gasteiger partial charge in [0.05, 0.1) is 6.10 Å². The lowest BCUT2D eigenvalue weighted by molar-refractivity contribution is 0.0829. The van der Waals surface area contributed by atoms with E-state index in [9.17, 15) is 9.90 Å². The summed E-state index contributed by atoms with van der Waals surface area (Å²) >= 11 is 0. The second-order valence-electron chi connectivity index (χ2n) is 5.24. The van der Waals surface area contributed by atoms with E-state index in [1.165, 1.54) is 0 Å². The van der Waals surface area contributed by atoms with Crippen molar-refractivity contribution in [2.75, 3.05) is 6.54 Å². The zero-order valence-electron chi connectivity index (χ0n) is 10.3. The van der Waals surface area contributed by atoms with Crippen molar-refractivity contribution in [3.05, 3.63) is 42.0 Å². The fraction of sp³-hybridized carbons (Fsp3) is 0.400. The molecule has 1 fully saturated rings. The highest BCUT2D eigenvalue weighted by molar-refractivity contribution is 6.08. The van der Waals surface area contributed by atoms with Crippen molar-refractivity contribution < 1.29 is 9.90 Å². The Balaban J connectivity index is 1.80. The summed E-state index contributed by atoms with van der Waals surface area (Å²) < 4.78 is 0. The molecule has 94 valence electrons. The highest BCUT2D eigenvalue weighted by atomic mass is 16.3. The number of carbonyl (C=O) groups is 1. The molecular formula is C15H17NO2. The third-order valence-electron chi connectivity index (χ3n) is 3.99. The number of hydrogen-bond donors (Lipinski definition) is 1. The molecule has 0 radical (unpaired) electrons. The molecule has 0 spiro atoms. The Morgan fingerprint density at radius 2 is 2.00 bits per heavy atom. The predicted octanol–water partition coefficient (Wildman–Crippen LogP) is 2.27. The van der Waals surface area contributed by atoms with E-state index >= 15 is 0 Å². The van der Waals surface area contributed by atoms with Gasteiger partial charge in [0.2, 0.25) is 0 Å². The Morgan fingerprint density at radius 1 is 1.28 bits per heavy atom. The SMILES string of the molecule is C=C1c2ccccc2C(=O)N1CC1CCC(O)C1. The number of carbonyl (C=O) groups excluding carboxylic acids is 1. The first-order valence-electron chi connectivity index (χ1n) is 6.45. The summed E-state index contributed by atoms with van der Waals surface area (Å²) in [4.78, 5) is 14.1. The first-order chi connectivity index (χ1) is 8.66. The normalized spacial score (nSPS) is 26.8. The van der Waals surface area contributed by atoms with E-state index in [0.717, 1.165) is 36.1 Å². The Bertz CT molecular complexity index is 474. The Kier molecular flexibility index (Phi) is 2.71. The zero-order valence-corrected chi connectivity index (χ0v) is 10.3. The average molecular weight is 243 g/mol. The van der Waals surface area contributed by atoms with Gasteiger partial charge in [-0.15, -0.1) is 0 Å². The Hall–Kier alpha value is -1.61. The molecule has 0 bridgehead atoms. The molecule has 3 rings (SSSR count). The molecule has 1 aliphatic carbocycles. The van der Waals surface area contributed by atoms with Gasteiger partial charge >= 0.3 is 0 Å². The standard InChI is InChI=1S/C15H17NO2/c1-10-13-4-2-3-5-14(13)15(18)16(10)9-11-6-7-12(17)8-11/h2-5,11-12,17H,1,6-9H2. The highest BCUT2D eigenvalue weighted by Crippen LogP contribution is 2.34. The molecule has 1 saturated carbocycles. The summed E-state index contributed by atoms with van der Waals surface area (Å²) in [5.74, 6) is 0.451. The lowest BCUT2D eigenvalue weighted by atomic mass is 10.1. The van der Waals surface area contributed by atoms with Crippen LogP contribution < -0.4 is 0 Å². The molecule has 1 aliphatic heterocycles. The smallest absolute Gasteiger partial charge is 0.258 e. The molecule has 2 atom stereocenters. The first kappa shape index (κ1) is 11.5. The second-order valence-corrected chi connectivity index (χ2v) is 5.24. The van der Waals surface area contributed by atoms with Crippen molar-refractivity contribution in [1.82, 2.24) is 4.90 Å². The molecule has 2 unspecified atom stereocenters. The first-order valence-corrected chi connectivity index (χ1v) is 6.45. The number of aliphatic hydroxyl groups is 1. The molecule has 2 aliphatic rings. The van der Waals surface area contributed by atoms with Gasteiger partial charge in [0.1, 0.15) is 0 Å². The molecule has 1 amide bonds. The van der Waals surface area contributed by atoms with Crippen LogP contribution in [-0.2, 0) is 0 Å². The lowest BCUT2D eigenvalue weighted by Gasteiger charge is -2.21. The molecule has 0 aromatic heterocycles. The predicted molar refractivity (Wildman–Crippen MR) is 69.9 cm³/mol. The van der Waals surface area contributed by atoms with Gasteiger partial charge in [0, 0.05) is 23.4 Å². The minimum atomic E-state index is -0.191. The van der Waals surface area contributed by atoms with Gasteiger partial charge in [-0.05, 0) is 31.2 Å². The van der Waals surface area contributed by atoms with Crippen molar-refractivity contribution in [2.24, 2.45) is 5.92 Å². The van der Waals surface area contributed by atoms with E-state index in [1.807, 2.05) is 24.3 Å². The van der Waals surface area contributed by atoms with E-state index < -0.39 is 0 Å². The number of aliphatic hydroxyl groups excluding tert-OH is 1. The maximum absolute atomic E-state index is 12.3. The van der Waals surface area contributed by atoms with E-state index in [-0.39, 0.29) is 12.0 Å². The molecule has 1 aromatic carbocycles. The summed E-state index contributed by atoms with van der Waals surface area (Å²) in [5, 5.41) is 9.55. The van der Waals surface area contributed by atoms with Crippen molar-refractivity contribution in [3.63, 3.8) is 0 Å². The molecule has 1 heterocycles. The summed E-state index contributed by atoms with van der Waals surface area (Å²) in [7, 11) is 0. The number of amides is 1. The topological polar surface area (TPSA) is 40.5 Å². The van der Waals surface area contributed by atoms with Crippen molar-refractivity contribution >= 4 is 11.6 Å². The van der Waals surface area contributed by atoms with Gasteiger partial charge < -0.3 is 10.0 Å². The number of hydrogen-bond acceptors (Lipinski definition) is 2. The van der Waals surface area contributed by atoms with Crippen molar-refractivity contribution in [2.45, 2.75) is 25.4 Å². The maximum atomic E-state index is 12.3. The van der Waals surface area contributed by atoms with Crippen LogP contribution in [0.25, 0.3) is 5.70 Å². The van der Waals surface area contributed by atoms with Crippen LogP contribution in [0.15, 0.2) is 30.8 Å². The monoisotopic (exact) mass is 243 g/mol. The van der Waals surface area contributed by atoms with Crippen LogP contribution in [-0.4, -0.2) is 28.6 Å². The van der Waals surface area contributed by atoms with Gasteiger partial charge in [0.15, 0.2) is 0 Å². The van der Waals surface area contributed by atoms with Crippen LogP contribution in [0.2, 0.25) is 0 Å². The highest BCUT2D eigenvalue weighted by Gasteiger charge is 2.34. The van der Waals surface area contributed by atoms with E-state index in [0.29, 0.717) is 12.5 Å². The zero-order chi connectivity index (χ0) is 12.7. The van der Waals surface area contributed by atoms with Gasteiger partial charge in [0.25, 0.3) is 5.91 Å². The van der Waals surface area contributed by atoms with Crippen LogP contribution in [0.1, 0.15) is 35.2 Å². The van der Waals surface area contributed by atoms with Crippen molar-refractivity contribution in [1.29, 1.82) is 0 Å². The van der Waals surface area contributed by atoms with Crippen molar-refractivity contribution in [3.8, 4) is 0 Å². The van der Waals surface area contributed by atoms with E-state index in [2.05, 4.69) is 6.58 Å². The van der Waals surface area contributed by atoms with Crippen LogP contribution in [0.5, 0.6) is 0 Å². The van der Waals surface area contributed by atoms with Gasteiger partial charge in [-0.1, -0.05) is 24.8 Å². The summed E-state index contributed by atoms with van der Waals surface area (Å²) in [6, 6.07) is 7.61. The maximum Gasteiger partial charge on any atom is 0.258 e. The Morgan fingerprint density at radius 3 is 2.61 bits per heavy atom. The van der Waals surface area contributed by atoms with Gasteiger partial charge in [-0.3, -0.25) is 4.79 Å². The molecular weight excluding hydrogens is 226 g/mol. The Labute approximate surface area is 107 Å². The third-order valence-corrected chi connectivity index (χ3v) is 3.99. The molecule has 1 N–H and O–H groups in total. The molecule has 3 nitrogen and oxygen atoms in total. The summed E-state index contributed by atoms with van der Waals surface area (Å²) in [5.41, 5.74) is 2.50. The second kappa shape index (κ2) is 4.25. The third kappa shape index (κ3) is 1.75. The van der Waals surface area contributed by atoms with Crippen LogP contribution in [0.3, 0.4) is 0 Å². The minimum absolute atomic E-state index is 0.0528. The lowest BCUT2D eigenvalue weighted by Crippen LogP contribution is -2.28. The quantitative estimate of drug-likeness (QED) is 0.865. The number of rotatable bonds is 2. The average Bonchev–Trinajstić information content (AvgIpc) is 2.88. The molecule has 0 saturated heterocycles.